The molecule has 0 unspecified atom stereocenters. The number of carbonyl (C=O) groups is 1. The molecule has 0 radical (unpaired) electrons. The van der Waals surface area contributed by atoms with Crippen molar-refractivity contribution in [3.05, 3.63) is 29.2 Å². The summed E-state index contributed by atoms with van der Waals surface area (Å²) in [5.41, 5.74) is 3.66. The Hall–Kier alpha value is -1.93. The van der Waals surface area contributed by atoms with Gasteiger partial charge in [0.05, 0.1) is 11.7 Å². The van der Waals surface area contributed by atoms with E-state index in [4.69, 9.17) is 19.2 Å². The molecule has 4 rings (SSSR count). The fourth-order valence-corrected chi connectivity index (χ4v) is 5.67. The van der Waals surface area contributed by atoms with Crippen molar-refractivity contribution in [3.63, 3.8) is 0 Å². The number of piperidine rings is 1. The number of fused-ring (bicyclic) bond motifs is 1. The Morgan fingerprint density at radius 1 is 1.06 bits per heavy atom. The van der Waals surface area contributed by atoms with Crippen molar-refractivity contribution in [1.82, 2.24) is 19.5 Å². The molecule has 1 amide bonds. The largest absolute Gasteiger partial charge is 0.444 e. The average molecular weight is 515 g/mol. The minimum Gasteiger partial charge on any atom is -0.444 e. The predicted molar refractivity (Wildman–Crippen MR) is 146 cm³/mol. The van der Waals surface area contributed by atoms with Crippen molar-refractivity contribution in [2.24, 2.45) is 0 Å². The Labute approximate surface area is 218 Å². The van der Waals surface area contributed by atoms with Gasteiger partial charge in [-0.3, -0.25) is 4.90 Å². The van der Waals surface area contributed by atoms with E-state index in [2.05, 4.69) is 46.0 Å². The van der Waals surface area contributed by atoms with Crippen molar-refractivity contribution < 1.29 is 14.0 Å². The summed E-state index contributed by atoms with van der Waals surface area (Å²) in [6, 6.07) is 4.27. The van der Waals surface area contributed by atoms with E-state index in [1.807, 2.05) is 30.2 Å². The van der Waals surface area contributed by atoms with E-state index in [9.17, 15) is 4.79 Å². The summed E-state index contributed by atoms with van der Waals surface area (Å²) < 4.78 is 14.2. The lowest BCUT2D eigenvalue weighted by Gasteiger charge is -2.36. The summed E-state index contributed by atoms with van der Waals surface area (Å²) in [6.07, 6.45) is 7.00. The summed E-state index contributed by atoms with van der Waals surface area (Å²) in [4.78, 5) is 19.9. The van der Waals surface area contributed by atoms with Crippen LogP contribution in [0, 0.1) is 0 Å². The number of hydrogen-bond donors (Lipinski definition) is 0. The van der Waals surface area contributed by atoms with Crippen LogP contribution in [0.25, 0.3) is 5.65 Å². The van der Waals surface area contributed by atoms with Crippen molar-refractivity contribution in [2.45, 2.75) is 122 Å². The summed E-state index contributed by atoms with van der Waals surface area (Å²) >= 11 is 0. The molecule has 1 saturated carbocycles. The Morgan fingerprint density at radius 2 is 1.78 bits per heavy atom. The summed E-state index contributed by atoms with van der Waals surface area (Å²) in [5, 5.41) is 5.24. The molecule has 3 heterocycles. The molecule has 2 aromatic heterocycles. The molecule has 1 aliphatic heterocycles. The number of aryl methyl sites for hydroxylation is 1. The lowest BCUT2D eigenvalue weighted by atomic mass is 10.00. The van der Waals surface area contributed by atoms with Crippen molar-refractivity contribution in [2.75, 3.05) is 13.2 Å². The van der Waals surface area contributed by atoms with E-state index in [-0.39, 0.29) is 17.2 Å². The first-order valence-corrected chi connectivity index (χ1v) is 16.7. The zero-order valence-electron chi connectivity index (χ0n) is 23.7. The highest BCUT2D eigenvalue weighted by Gasteiger charge is 2.37. The van der Waals surface area contributed by atoms with E-state index in [1.54, 1.807) is 0 Å². The molecule has 2 aliphatic rings. The van der Waals surface area contributed by atoms with Gasteiger partial charge in [-0.15, -0.1) is 0 Å². The minimum atomic E-state index is -1.75. The van der Waals surface area contributed by atoms with Gasteiger partial charge < -0.3 is 9.16 Å². The van der Waals surface area contributed by atoms with Gasteiger partial charge in [-0.2, -0.15) is 5.10 Å². The van der Waals surface area contributed by atoms with Gasteiger partial charge in [0.25, 0.3) is 0 Å². The quantitative estimate of drug-likeness (QED) is 0.293. The lowest BCUT2D eigenvalue weighted by molar-refractivity contribution is 0.00897. The van der Waals surface area contributed by atoms with Crippen molar-refractivity contribution in [3.8, 4) is 0 Å². The Morgan fingerprint density at radius 3 is 2.42 bits per heavy atom. The van der Waals surface area contributed by atoms with E-state index in [0.29, 0.717) is 12.5 Å². The molecule has 7 nitrogen and oxygen atoms in total. The third-order valence-electron chi connectivity index (χ3n) is 7.85. The third-order valence-corrected chi connectivity index (χ3v) is 12.4. The van der Waals surface area contributed by atoms with E-state index in [0.717, 1.165) is 50.1 Å². The summed E-state index contributed by atoms with van der Waals surface area (Å²) in [5.74, 6) is 0.573. The Kier molecular flexibility index (Phi) is 7.59. The fraction of sp³-hybridized carbons (Fsp3) is 0.750. The number of likely N-dealkylation sites (tertiary alicyclic amines) is 1. The van der Waals surface area contributed by atoms with Crippen LogP contribution in [0.2, 0.25) is 18.1 Å². The second kappa shape index (κ2) is 10.1. The number of hydrogen-bond acceptors (Lipinski definition) is 5. The second-order valence-corrected chi connectivity index (χ2v) is 18.0. The molecule has 1 aliphatic carbocycles. The maximum absolute atomic E-state index is 13.0. The normalized spacial score (nSPS) is 19.7. The molecule has 0 bridgehead atoms. The van der Waals surface area contributed by atoms with Gasteiger partial charge in [0, 0.05) is 36.5 Å². The number of aromatic nitrogens is 3. The molecule has 0 spiro atoms. The topological polar surface area (TPSA) is 69.0 Å². The van der Waals surface area contributed by atoms with E-state index in [1.165, 1.54) is 24.2 Å². The first kappa shape index (κ1) is 27.1. The van der Waals surface area contributed by atoms with Gasteiger partial charge in [-0.1, -0.05) is 20.8 Å². The van der Waals surface area contributed by atoms with E-state index < -0.39 is 13.9 Å². The number of nitrogens with zero attached hydrogens (tertiary/aromatic N) is 4. The first-order chi connectivity index (χ1) is 16.7. The van der Waals surface area contributed by atoms with E-state index >= 15 is 0 Å². The zero-order chi connectivity index (χ0) is 26.3. The Balaban J connectivity index is 1.56. The monoisotopic (exact) mass is 514 g/mol. The number of carbonyl (C=O) groups excluding carboxylic acids is 1. The maximum atomic E-state index is 13.0. The van der Waals surface area contributed by atoms with Gasteiger partial charge >= 0.3 is 6.09 Å². The molecule has 8 heteroatoms. The summed E-state index contributed by atoms with van der Waals surface area (Å²) in [6.45, 7) is 18.7. The molecule has 36 heavy (non-hydrogen) atoms. The molecule has 2 fully saturated rings. The van der Waals surface area contributed by atoms with Crippen LogP contribution in [0.15, 0.2) is 12.1 Å². The molecule has 2 aromatic rings. The van der Waals surface area contributed by atoms with Crippen LogP contribution in [-0.4, -0.2) is 52.7 Å². The minimum absolute atomic E-state index is 0.0746. The molecule has 1 saturated heterocycles. The predicted octanol–water partition coefficient (Wildman–Crippen LogP) is 7.02. The van der Waals surface area contributed by atoms with Gasteiger partial charge in [-0.25, -0.2) is 14.3 Å². The molecular weight excluding hydrogens is 468 g/mol. The van der Waals surface area contributed by atoms with Gasteiger partial charge in [-0.05, 0) is 89.9 Å². The lowest BCUT2D eigenvalue weighted by Crippen LogP contribution is -2.42. The van der Waals surface area contributed by atoms with Crippen molar-refractivity contribution in [1.29, 1.82) is 0 Å². The second-order valence-electron chi connectivity index (χ2n) is 13.2. The van der Waals surface area contributed by atoms with Crippen LogP contribution >= 0.6 is 0 Å². The smallest absolute Gasteiger partial charge is 0.410 e. The van der Waals surface area contributed by atoms with Crippen LogP contribution < -0.4 is 0 Å². The first-order valence-electron chi connectivity index (χ1n) is 13.8. The zero-order valence-corrected chi connectivity index (χ0v) is 24.7. The SMILES string of the molecule is CC(C)(C)OC(=O)N1CCCC[C@H]1c1cc2nc(C3CC3)cc(CCCO[Si](C)(C)C(C)(C)C)n2n1. The van der Waals surface area contributed by atoms with Crippen LogP contribution in [0.3, 0.4) is 0 Å². The molecular formula is C28H46N4O3Si. The Bertz CT molecular complexity index is 1080. The highest BCUT2D eigenvalue weighted by atomic mass is 28.4. The van der Waals surface area contributed by atoms with Crippen LogP contribution in [0.4, 0.5) is 4.79 Å². The number of amides is 1. The van der Waals surface area contributed by atoms with Crippen molar-refractivity contribution >= 4 is 20.1 Å². The van der Waals surface area contributed by atoms with Crippen LogP contribution in [0.5, 0.6) is 0 Å². The average Bonchev–Trinajstić information content (AvgIpc) is 3.53. The summed E-state index contributed by atoms with van der Waals surface area (Å²) in [7, 11) is -1.75. The third kappa shape index (κ3) is 6.30. The molecule has 0 N–H and O–H groups in total. The van der Waals surface area contributed by atoms with Crippen LogP contribution in [0.1, 0.15) is 109 Å². The van der Waals surface area contributed by atoms with Crippen LogP contribution in [-0.2, 0) is 15.6 Å². The van der Waals surface area contributed by atoms with Gasteiger partial charge in [0.2, 0.25) is 0 Å². The molecule has 0 aromatic carbocycles. The fourth-order valence-electron chi connectivity index (χ4n) is 4.58. The number of rotatable bonds is 7. The highest BCUT2D eigenvalue weighted by molar-refractivity contribution is 6.74. The highest BCUT2D eigenvalue weighted by Crippen LogP contribution is 2.40. The van der Waals surface area contributed by atoms with Gasteiger partial charge in [0.15, 0.2) is 14.0 Å². The maximum Gasteiger partial charge on any atom is 0.410 e. The molecule has 1 atom stereocenters. The number of ether oxygens (including phenoxy) is 1. The standard InChI is InChI=1S/C28H46N4O3Si/c1-27(2,3)35-26(33)31-16-10-9-13-24(31)23-19-25-29-22(20-14-15-20)18-21(32(25)30-23)12-11-17-34-36(7,8)28(4,5)6/h18-20,24H,9-17H2,1-8H3/t24-/m0/s1. The van der Waals surface area contributed by atoms with Gasteiger partial charge in [0.1, 0.15) is 5.60 Å². The molecule has 200 valence electrons.